The summed E-state index contributed by atoms with van der Waals surface area (Å²) in [5.41, 5.74) is 0.735. The van der Waals surface area contributed by atoms with Gasteiger partial charge < -0.3 is 18.6 Å². The molecule has 2 aromatic carbocycles. The lowest BCUT2D eigenvalue weighted by Crippen LogP contribution is -2.18. The third-order valence-electron chi connectivity index (χ3n) is 3.19. The van der Waals surface area contributed by atoms with Gasteiger partial charge in [0.2, 0.25) is 12.3 Å². The van der Waals surface area contributed by atoms with Crippen molar-refractivity contribution in [2.45, 2.75) is 6.92 Å². The Bertz CT molecular complexity index is 816. The molecule has 0 bridgehead atoms. The van der Waals surface area contributed by atoms with Gasteiger partial charge in [0.05, 0.1) is 6.61 Å². The maximum atomic E-state index is 11.9. The lowest BCUT2D eigenvalue weighted by atomic mass is 10.2. The molecule has 25 heavy (non-hydrogen) atoms. The summed E-state index contributed by atoms with van der Waals surface area (Å²) in [5, 5.41) is 7.42. The second-order valence-corrected chi connectivity index (χ2v) is 4.91. The molecule has 7 heteroatoms. The fraction of sp³-hybridized carbons (Fsp3) is 0.167. The predicted octanol–water partition coefficient (Wildman–Crippen LogP) is 3.12. The van der Waals surface area contributed by atoms with E-state index >= 15 is 0 Å². The number of ether oxygens (including phenoxy) is 3. The lowest BCUT2D eigenvalue weighted by Gasteiger charge is -2.11. The Labute approximate surface area is 144 Å². The van der Waals surface area contributed by atoms with Crippen LogP contribution in [0, 0.1) is 0 Å². The topological polar surface area (TPSA) is 83.7 Å². The van der Waals surface area contributed by atoms with Crippen LogP contribution in [-0.2, 0) is 4.79 Å². The number of para-hydroxylation sites is 2. The minimum atomic E-state index is -0.517. The van der Waals surface area contributed by atoms with Crippen LogP contribution in [0.15, 0.2) is 59.3 Å². The first-order chi connectivity index (χ1) is 12.3. The number of nitrogens with zero attached hydrogens (tertiary/aromatic N) is 2. The summed E-state index contributed by atoms with van der Waals surface area (Å²) in [4.78, 5) is 11.9. The summed E-state index contributed by atoms with van der Waals surface area (Å²) >= 11 is 0. The van der Waals surface area contributed by atoms with Crippen LogP contribution < -0.4 is 14.2 Å². The molecule has 0 N–H and O–H groups in total. The van der Waals surface area contributed by atoms with Crippen molar-refractivity contribution < 1.29 is 23.4 Å². The number of carbonyl (C=O) groups is 1. The quantitative estimate of drug-likeness (QED) is 0.482. The average Bonchev–Trinajstić information content (AvgIpc) is 3.17. The maximum Gasteiger partial charge on any atom is 0.349 e. The third-order valence-corrected chi connectivity index (χ3v) is 3.19. The molecule has 1 aromatic heterocycles. The highest BCUT2D eigenvalue weighted by atomic mass is 16.6. The van der Waals surface area contributed by atoms with Gasteiger partial charge in [-0.15, -0.1) is 10.2 Å². The van der Waals surface area contributed by atoms with Gasteiger partial charge in [0, 0.05) is 5.56 Å². The summed E-state index contributed by atoms with van der Waals surface area (Å²) < 4.78 is 21.2. The van der Waals surface area contributed by atoms with Crippen LogP contribution in [0.5, 0.6) is 17.2 Å². The Balaban J connectivity index is 1.56. The highest BCUT2D eigenvalue weighted by molar-refractivity contribution is 5.74. The summed E-state index contributed by atoms with van der Waals surface area (Å²) in [6.07, 6.45) is 1.25. The summed E-state index contributed by atoms with van der Waals surface area (Å²) in [6.45, 7) is 2.16. The van der Waals surface area contributed by atoms with Crippen LogP contribution in [0.25, 0.3) is 11.5 Å². The molecule has 0 fully saturated rings. The predicted molar refractivity (Wildman–Crippen MR) is 88.5 cm³/mol. The number of rotatable bonds is 7. The minimum Gasteiger partial charge on any atom is -0.490 e. The first-order valence-electron chi connectivity index (χ1n) is 7.68. The summed E-state index contributed by atoms with van der Waals surface area (Å²) in [5.74, 6) is 1.36. The summed E-state index contributed by atoms with van der Waals surface area (Å²) in [6, 6.07) is 13.9. The maximum absolute atomic E-state index is 11.9. The lowest BCUT2D eigenvalue weighted by molar-refractivity contribution is -0.136. The number of hydrogen-bond donors (Lipinski definition) is 0. The van der Waals surface area contributed by atoms with Crippen molar-refractivity contribution in [3.63, 3.8) is 0 Å². The van der Waals surface area contributed by atoms with E-state index in [4.69, 9.17) is 18.6 Å². The molecule has 0 radical (unpaired) electrons. The van der Waals surface area contributed by atoms with Gasteiger partial charge in [0.15, 0.2) is 18.1 Å². The Morgan fingerprint density at radius 1 is 1.04 bits per heavy atom. The standard InChI is InChI=1S/C18H16N2O5/c1-2-22-15-5-3-4-6-16(15)23-11-17(21)25-14-9-7-13(8-10-14)18-20-19-12-24-18/h3-10,12H,2,11H2,1H3. The molecular formula is C18H16N2O5. The first-order valence-corrected chi connectivity index (χ1v) is 7.68. The van der Waals surface area contributed by atoms with E-state index in [1.807, 2.05) is 13.0 Å². The molecule has 3 aromatic rings. The van der Waals surface area contributed by atoms with Crippen LogP contribution >= 0.6 is 0 Å². The second-order valence-electron chi connectivity index (χ2n) is 4.91. The van der Waals surface area contributed by atoms with E-state index in [9.17, 15) is 4.79 Å². The normalized spacial score (nSPS) is 10.3. The number of esters is 1. The van der Waals surface area contributed by atoms with Gasteiger partial charge in [-0.05, 0) is 43.3 Å². The number of benzene rings is 2. The Kier molecular flexibility index (Phi) is 5.26. The molecule has 7 nitrogen and oxygen atoms in total. The molecule has 3 rings (SSSR count). The largest absolute Gasteiger partial charge is 0.490 e. The Morgan fingerprint density at radius 3 is 2.40 bits per heavy atom. The molecule has 0 aliphatic heterocycles. The van der Waals surface area contributed by atoms with Crippen LogP contribution in [0.3, 0.4) is 0 Å². The SMILES string of the molecule is CCOc1ccccc1OCC(=O)Oc1ccc(-c2nnco2)cc1. The van der Waals surface area contributed by atoms with Crippen LogP contribution in [0.2, 0.25) is 0 Å². The molecule has 0 saturated carbocycles. The van der Waals surface area contributed by atoms with Crippen molar-refractivity contribution >= 4 is 5.97 Å². The van der Waals surface area contributed by atoms with E-state index < -0.39 is 5.97 Å². The fourth-order valence-electron chi connectivity index (χ4n) is 2.11. The first kappa shape index (κ1) is 16.5. The Morgan fingerprint density at radius 2 is 1.76 bits per heavy atom. The zero-order valence-electron chi connectivity index (χ0n) is 13.5. The van der Waals surface area contributed by atoms with Crippen molar-refractivity contribution in [2.75, 3.05) is 13.2 Å². The highest BCUT2D eigenvalue weighted by Gasteiger charge is 2.10. The molecule has 0 aliphatic rings. The molecule has 0 amide bonds. The zero-order valence-corrected chi connectivity index (χ0v) is 13.5. The van der Waals surface area contributed by atoms with Crippen molar-refractivity contribution in [3.8, 4) is 28.7 Å². The molecule has 0 atom stereocenters. The van der Waals surface area contributed by atoms with E-state index in [1.54, 1.807) is 42.5 Å². The molecular weight excluding hydrogens is 324 g/mol. The van der Waals surface area contributed by atoms with E-state index in [1.165, 1.54) is 6.39 Å². The second kappa shape index (κ2) is 7.96. The third kappa shape index (κ3) is 4.35. The van der Waals surface area contributed by atoms with Crippen molar-refractivity contribution in [3.05, 3.63) is 54.9 Å². The highest BCUT2D eigenvalue weighted by Crippen LogP contribution is 2.26. The van der Waals surface area contributed by atoms with E-state index in [-0.39, 0.29) is 6.61 Å². The van der Waals surface area contributed by atoms with Crippen molar-refractivity contribution in [1.29, 1.82) is 0 Å². The smallest absolute Gasteiger partial charge is 0.349 e. The van der Waals surface area contributed by atoms with Gasteiger partial charge in [0.1, 0.15) is 5.75 Å². The zero-order chi connectivity index (χ0) is 17.5. The van der Waals surface area contributed by atoms with Crippen LogP contribution in [-0.4, -0.2) is 29.4 Å². The number of carbonyl (C=O) groups excluding carboxylic acids is 1. The molecule has 128 valence electrons. The number of hydrogen-bond acceptors (Lipinski definition) is 7. The van der Waals surface area contributed by atoms with Crippen LogP contribution in [0.4, 0.5) is 0 Å². The minimum absolute atomic E-state index is 0.227. The van der Waals surface area contributed by atoms with Gasteiger partial charge in [-0.3, -0.25) is 0 Å². The monoisotopic (exact) mass is 340 g/mol. The van der Waals surface area contributed by atoms with Gasteiger partial charge in [0.25, 0.3) is 0 Å². The average molecular weight is 340 g/mol. The van der Waals surface area contributed by atoms with Crippen molar-refractivity contribution in [2.24, 2.45) is 0 Å². The van der Waals surface area contributed by atoms with E-state index in [0.717, 1.165) is 5.56 Å². The number of aromatic nitrogens is 2. The van der Waals surface area contributed by atoms with Gasteiger partial charge in [-0.1, -0.05) is 12.1 Å². The fourth-order valence-corrected chi connectivity index (χ4v) is 2.11. The molecule has 1 heterocycles. The van der Waals surface area contributed by atoms with Crippen LogP contribution in [0.1, 0.15) is 6.92 Å². The van der Waals surface area contributed by atoms with Gasteiger partial charge >= 0.3 is 5.97 Å². The molecule has 0 spiro atoms. The molecule has 0 saturated heterocycles. The summed E-state index contributed by atoms with van der Waals surface area (Å²) in [7, 11) is 0. The molecule has 0 unspecified atom stereocenters. The van der Waals surface area contributed by atoms with Gasteiger partial charge in [-0.2, -0.15) is 0 Å². The Hall–Kier alpha value is -3.35. The molecule has 0 aliphatic carbocycles. The van der Waals surface area contributed by atoms with Gasteiger partial charge in [-0.25, -0.2) is 4.79 Å². The van der Waals surface area contributed by atoms with E-state index in [0.29, 0.717) is 29.7 Å². The van der Waals surface area contributed by atoms with Crippen molar-refractivity contribution in [1.82, 2.24) is 10.2 Å². The van der Waals surface area contributed by atoms with E-state index in [2.05, 4.69) is 10.2 Å².